The van der Waals surface area contributed by atoms with E-state index in [1.54, 1.807) is 13.1 Å². The molecule has 2 amide bonds. The highest BCUT2D eigenvalue weighted by Crippen LogP contribution is 2.53. The molecule has 0 bridgehead atoms. The maximum atomic E-state index is 13.6. The molecule has 3 aliphatic rings. The first-order valence-corrected chi connectivity index (χ1v) is 9.99. The van der Waals surface area contributed by atoms with Gasteiger partial charge in [-0.2, -0.15) is 0 Å². The Morgan fingerprint density at radius 2 is 1.77 bits per heavy atom. The van der Waals surface area contributed by atoms with Gasteiger partial charge in [-0.1, -0.05) is 24.3 Å². The standard InChI is InChI=1S/C23H19N3O5/c1-12-11-15(26(30)31)7-8-17(12)25-22(28)18-19(23(25)29)21-16-6-4-3-5-14(16)9-10-24(21)20(18)13(2)27/h3-11,18-21H,1-2H3. The minimum Gasteiger partial charge on any atom is -0.359 e. The zero-order valence-electron chi connectivity index (χ0n) is 16.9. The molecule has 3 aliphatic heterocycles. The second kappa shape index (κ2) is 6.60. The number of ketones is 1. The van der Waals surface area contributed by atoms with Crippen molar-refractivity contribution in [3.05, 3.63) is 75.5 Å². The molecule has 2 aromatic carbocycles. The molecule has 5 rings (SSSR count). The van der Waals surface area contributed by atoms with Crippen molar-refractivity contribution in [3.8, 4) is 0 Å². The van der Waals surface area contributed by atoms with Gasteiger partial charge in [0.25, 0.3) is 5.69 Å². The minimum atomic E-state index is -0.805. The first-order chi connectivity index (χ1) is 14.8. The Hall–Kier alpha value is -3.81. The lowest BCUT2D eigenvalue weighted by atomic mass is 9.84. The number of hydrogen-bond donors (Lipinski definition) is 0. The normalized spacial score (nSPS) is 26.0. The summed E-state index contributed by atoms with van der Waals surface area (Å²) in [4.78, 5) is 53.2. The number of carbonyl (C=O) groups is 3. The number of rotatable bonds is 3. The number of Topliss-reactive ketones (excluding diaryl/α,β-unsaturated/α-hetero) is 1. The van der Waals surface area contributed by atoms with Crippen LogP contribution in [-0.4, -0.2) is 33.5 Å². The zero-order chi connectivity index (χ0) is 22.0. The second-order valence-electron chi connectivity index (χ2n) is 8.18. The smallest absolute Gasteiger partial charge is 0.269 e. The molecule has 0 aliphatic carbocycles. The Bertz CT molecular complexity index is 1200. The number of aryl methyl sites for hydroxylation is 1. The summed E-state index contributed by atoms with van der Waals surface area (Å²) in [6, 6.07) is 10.6. The highest BCUT2D eigenvalue weighted by atomic mass is 16.6. The zero-order valence-corrected chi connectivity index (χ0v) is 16.9. The quantitative estimate of drug-likeness (QED) is 0.432. The Morgan fingerprint density at radius 3 is 2.45 bits per heavy atom. The number of amides is 2. The van der Waals surface area contributed by atoms with Gasteiger partial charge < -0.3 is 4.90 Å². The van der Waals surface area contributed by atoms with Gasteiger partial charge in [0, 0.05) is 18.3 Å². The summed E-state index contributed by atoms with van der Waals surface area (Å²) in [7, 11) is 0. The largest absolute Gasteiger partial charge is 0.359 e. The van der Waals surface area contributed by atoms with Crippen LogP contribution in [0.3, 0.4) is 0 Å². The van der Waals surface area contributed by atoms with E-state index in [4.69, 9.17) is 0 Å². The highest BCUT2D eigenvalue weighted by Gasteiger charge is 2.64. The van der Waals surface area contributed by atoms with Crippen LogP contribution in [0.5, 0.6) is 0 Å². The molecular weight excluding hydrogens is 398 g/mol. The van der Waals surface area contributed by atoms with Gasteiger partial charge in [-0.3, -0.25) is 24.5 Å². The Morgan fingerprint density at radius 1 is 1.06 bits per heavy atom. The van der Waals surface area contributed by atoms with Crippen molar-refractivity contribution in [3.63, 3.8) is 0 Å². The highest BCUT2D eigenvalue weighted by molar-refractivity contribution is 6.24. The van der Waals surface area contributed by atoms with Crippen molar-refractivity contribution in [2.45, 2.75) is 25.9 Å². The van der Waals surface area contributed by atoms with Crippen LogP contribution in [0.15, 0.2) is 48.7 Å². The molecule has 2 aromatic rings. The SMILES string of the molecule is CC(=O)C1C2C(=O)N(c3ccc([N+](=O)[O-])cc3C)C(=O)C2C2c3ccccc3C=CN12. The van der Waals surface area contributed by atoms with E-state index in [2.05, 4.69) is 0 Å². The van der Waals surface area contributed by atoms with Crippen LogP contribution in [0.4, 0.5) is 11.4 Å². The van der Waals surface area contributed by atoms with E-state index in [0.717, 1.165) is 16.0 Å². The van der Waals surface area contributed by atoms with Crippen LogP contribution < -0.4 is 4.90 Å². The van der Waals surface area contributed by atoms with Crippen LogP contribution in [0.25, 0.3) is 6.08 Å². The monoisotopic (exact) mass is 417 g/mol. The van der Waals surface area contributed by atoms with E-state index in [1.807, 2.05) is 35.2 Å². The fourth-order valence-electron chi connectivity index (χ4n) is 5.26. The molecule has 4 unspecified atom stereocenters. The van der Waals surface area contributed by atoms with Crippen LogP contribution in [-0.2, 0) is 14.4 Å². The van der Waals surface area contributed by atoms with Crippen molar-refractivity contribution in [2.75, 3.05) is 4.90 Å². The molecule has 31 heavy (non-hydrogen) atoms. The molecule has 0 spiro atoms. The van der Waals surface area contributed by atoms with Crippen LogP contribution >= 0.6 is 0 Å². The molecule has 0 saturated carbocycles. The van der Waals surface area contributed by atoms with Crippen molar-refractivity contribution in [2.24, 2.45) is 11.8 Å². The molecular formula is C23H19N3O5. The molecule has 0 radical (unpaired) electrons. The van der Waals surface area contributed by atoms with Gasteiger partial charge in [-0.05, 0) is 42.7 Å². The molecule has 0 aromatic heterocycles. The van der Waals surface area contributed by atoms with Gasteiger partial charge in [0.15, 0.2) is 5.78 Å². The Kier molecular flexibility index (Phi) is 4.08. The lowest BCUT2D eigenvalue weighted by Crippen LogP contribution is -2.43. The van der Waals surface area contributed by atoms with Crippen molar-refractivity contribution in [1.29, 1.82) is 0 Å². The van der Waals surface area contributed by atoms with Gasteiger partial charge in [0.05, 0.1) is 34.5 Å². The number of carbonyl (C=O) groups excluding carboxylic acids is 3. The van der Waals surface area contributed by atoms with Gasteiger partial charge in [-0.25, -0.2) is 4.90 Å². The van der Waals surface area contributed by atoms with Gasteiger partial charge in [-0.15, -0.1) is 0 Å². The summed E-state index contributed by atoms with van der Waals surface area (Å²) in [6.07, 6.45) is 3.70. The lowest BCUT2D eigenvalue weighted by molar-refractivity contribution is -0.384. The number of nitrogens with zero attached hydrogens (tertiary/aromatic N) is 3. The predicted molar refractivity (Wildman–Crippen MR) is 112 cm³/mol. The molecule has 2 saturated heterocycles. The molecule has 2 fully saturated rings. The molecule has 4 atom stereocenters. The van der Waals surface area contributed by atoms with Gasteiger partial charge in [0.1, 0.15) is 0 Å². The van der Waals surface area contributed by atoms with E-state index in [-0.39, 0.29) is 17.4 Å². The number of anilines is 1. The summed E-state index contributed by atoms with van der Waals surface area (Å²) < 4.78 is 0. The fraction of sp³-hybridized carbons (Fsp3) is 0.261. The lowest BCUT2D eigenvalue weighted by Gasteiger charge is -2.35. The van der Waals surface area contributed by atoms with Gasteiger partial charge in [0.2, 0.25) is 11.8 Å². The number of nitro benzene ring substituents is 1. The summed E-state index contributed by atoms with van der Waals surface area (Å²) in [5.41, 5.74) is 2.53. The number of benzene rings is 2. The average molecular weight is 417 g/mol. The molecule has 8 nitrogen and oxygen atoms in total. The summed E-state index contributed by atoms with van der Waals surface area (Å²) >= 11 is 0. The van der Waals surface area contributed by atoms with Crippen molar-refractivity contribution in [1.82, 2.24) is 4.90 Å². The molecule has 8 heteroatoms. The van der Waals surface area contributed by atoms with E-state index < -0.39 is 34.7 Å². The Labute approximate surface area is 177 Å². The van der Waals surface area contributed by atoms with E-state index in [0.29, 0.717) is 11.3 Å². The topological polar surface area (TPSA) is 101 Å². The molecule has 0 N–H and O–H groups in total. The third kappa shape index (κ3) is 2.57. The maximum Gasteiger partial charge on any atom is 0.269 e. The first-order valence-electron chi connectivity index (χ1n) is 9.99. The summed E-state index contributed by atoms with van der Waals surface area (Å²) in [5, 5.41) is 11.1. The van der Waals surface area contributed by atoms with E-state index in [9.17, 15) is 24.5 Å². The van der Waals surface area contributed by atoms with Crippen molar-refractivity contribution >= 4 is 35.0 Å². The second-order valence-corrected chi connectivity index (χ2v) is 8.18. The number of nitro groups is 1. The summed E-state index contributed by atoms with van der Waals surface area (Å²) in [6.45, 7) is 3.07. The number of imide groups is 1. The Balaban J connectivity index is 1.63. The van der Waals surface area contributed by atoms with Crippen molar-refractivity contribution < 1.29 is 19.3 Å². The number of non-ortho nitro benzene ring substituents is 1. The first kappa shape index (κ1) is 19.2. The third-order valence-electron chi connectivity index (χ3n) is 6.51. The predicted octanol–water partition coefficient (Wildman–Crippen LogP) is 3.01. The average Bonchev–Trinajstić information content (AvgIpc) is 3.21. The van der Waals surface area contributed by atoms with E-state index in [1.165, 1.54) is 25.1 Å². The minimum absolute atomic E-state index is 0.111. The number of hydrogen-bond acceptors (Lipinski definition) is 6. The molecule has 156 valence electrons. The number of fused-ring (bicyclic) bond motifs is 5. The maximum absolute atomic E-state index is 13.6. The van der Waals surface area contributed by atoms with Crippen LogP contribution in [0, 0.1) is 28.9 Å². The molecule has 3 heterocycles. The van der Waals surface area contributed by atoms with Crippen LogP contribution in [0.2, 0.25) is 0 Å². The fourth-order valence-corrected chi connectivity index (χ4v) is 5.26. The third-order valence-corrected chi connectivity index (χ3v) is 6.51. The summed E-state index contributed by atoms with van der Waals surface area (Å²) in [5.74, 6) is -2.50. The van der Waals surface area contributed by atoms with E-state index >= 15 is 0 Å². The van der Waals surface area contributed by atoms with Gasteiger partial charge >= 0.3 is 0 Å². The van der Waals surface area contributed by atoms with Crippen LogP contribution in [0.1, 0.15) is 29.7 Å².